The molecule has 1 unspecified atom stereocenters. The Bertz CT molecular complexity index is 264. The molecule has 1 atom stereocenters. The van der Waals surface area contributed by atoms with Gasteiger partial charge in [-0.25, -0.2) is 0 Å². The van der Waals surface area contributed by atoms with Crippen molar-refractivity contribution in [3.63, 3.8) is 0 Å². The maximum absolute atomic E-state index is 11.6. The van der Waals surface area contributed by atoms with E-state index in [4.69, 9.17) is 4.74 Å². The number of carbonyl (C=O) groups is 2. The summed E-state index contributed by atoms with van der Waals surface area (Å²) in [5.74, 6) is -0.267. The normalized spacial score (nSPS) is 35.5. The number of rotatable bonds is 0. The number of likely N-dealkylation sites (N-methyl/N-ethyl adjacent to an activating group) is 1. The lowest BCUT2D eigenvalue weighted by molar-refractivity contribution is -0.184. The molecule has 71 valence electrons. The summed E-state index contributed by atoms with van der Waals surface area (Å²) in [6.45, 7) is 0.777. The number of ether oxygens (including phenoxy) is 1. The summed E-state index contributed by atoms with van der Waals surface area (Å²) >= 11 is 0. The van der Waals surface area contributed by atoms with Gasteiger partial charge in [-0.1, -0.05) is 0 Å². The molecular formula is C9H12NO3. The molecule has 0 aromatic carbocycles. The standard InChI is InChI=1S/C9H12NO3/c1-10-6-2-5-9(10)7(11)3-4-8(12)13-9/h5H,2-4,6H2,1H3. The van der Waals surface area contributed by atoms with E-state index in [9.17, 15) is 9.59 Å². The van der Waals surface area contributed by atoms with Gasteiger partial charge >= 0.3 is 5.97 Å². The highest BCUT2D eigenvalue weighted by Crippen LogP contribution is 2.33. The lowest BCUT2D eigenvalue weighted by Gasteiger charge is -2.36. The van der Waals surface area contributed by atoms with Crippen molar-refractivity contribution in [3.8, 4) is 0 Å². The van der Waals surface area contributed by atoms with Crippen molar-refractivity contribution < 1.29 is 14.3 Å². The third kappa shape index (κ3) is 1.16. The van der Waals surface area contributed by atoms with Gasteiger partial charge in [0.25, 0.3) is 0 Å². The summed E-state index contributed by atoms with van der Waals surface area (Å²) in [5.41, 5.74) is -1.02. The van der Waals surface area contributed by atoms with E-state index in [1.807, 2.05) is 0 Å². The van der Waals surface area contributed by atoms with E-state index in [1.54, 1.807) is 18.4 Å². The van der Waals surface area contributed by atoms with Gasteiger partial charge in [0.2, 0.25) is 5.72 Å². The van der Waals surface area contributed by atoms with Crippen LogP contribution >= 0.6 is 0 Å². The molecule has 2 aliphatic heterocycles. The van der Waals surface area contributed by atoms with Crippen LogP contribution in [0.1, 0.15) is 19.3 Å². The number of hydrogen-bond acceptors (Lipinski definition) is 4. The molecule has 0 aliphatic carbocycles. The Morgan fingerprint density at radius 3 is 2.85 bits per heavy atom. The van der Waals surface area contributed by atoms with Crippen LogP contribution < -0.4 is 0 Å². The molecule has 2 aliphatic rings. The van der Waals surface area contributed by atoms with Gasteiger partial charge in [0, 0.05) is 19.4 Å². The monoisotopic (exact) mass is 182 g/mol. The molecule has 0 bridgehead atoms. The molecule has 4 heteroatoms. The van der Waals surface area contributed by atoms with E-state index in [-0.39, 0.29) is 18.2 Å². The highest BCUT2D eigenvalue weighted by molar-refractivity contribution is 5.95. The predicted molar refractivity (Wildman–Crippen MR) is 44.6 cm³/mol. The van der Waals surface area contributed by atoms with Crippen molar-refractivity contribution in [1.82, 2.24) is 4.90 Å². The molecule has 0 amide bonds. The van der Waals surface area contributed by atoms with Gasteiger partial charge in [0.15, 0.2) is 5.78 Å². The minimum Gasteiger partial charge on any atom is -0.436 e. The molecule has 1 radical (unpaired) electrons. The van der Waals surface area contributed by atoms with Gasteiger partial charge in [0.1, 0.15) is 0 Å². The number of esters is 1. The molecule has 0 N–H and O–H groups in total. The molecule has 2 saturated heterocycles. The second-order valence-electron chi connectivity index (χ2n) is 3.51. The van der Waals surface area contributed by atoms with Crippen LogP contribution in [0.5, 0.6) is 0 Å². The molecular weight excluding hydrogens is 170 g/mol. The van der Waals surface area contributed by atoms with E-state index < -0.39 is 5.72 Å². The maximum Gasteiger partial charge on any atom is 0.308 e. The summed E-state index contributed by atoms with van der Waals surface area (Å²) in [5, 5.41) is 0. The minimum atomic E-state index is -1.02. The Morgan fingerprint density at radius 2 is 2.23 bits per heavy atom. The van der Waals surface area contributed by atoms with Crippen LogP contribution in [0.3, 0.4) is 0 Å². The zero-order valence-electron chi connectivity index (χ0n) is 7.58. The summed E-state index contributed by atoms with van der Waals surface area (Å²) in [6.07, 6.45) is 3.13. The second kappa shape index (κ2) is 2.80. The fraction of sp³-hybridized carbons (Fsp3) is 0.667. The highest BCUT2D eigenvalue weighted by atomic mass is 16.6. The average Bonchev–Trinajstić information content (AvgIpc) is 2.43. The van der Waals surface area contributed by atoms with Crippen LogP contribution in [0.4, 0.5) is 0 Å². The first-order valence-electron chi connectivity index (χ1n) is 4.46. The number of ketones is 1. The number of carbonyl (C=O) groups excluding carboxylic acids is 2. The number of Topliss-reactive ketones (excluding diaryl/α,β-unsaturated/α-hetero) is 1. The smallest absolute Gasteiger partial charge is 0.308 e. The van der Waals surface area contributed by atoms with Crippen LogP contribution in [0.15, 0.2) is 0 Å². The fourth-order valence-corrected chi connectivity index (χ4v) is 1.90. The average molecular weight is 182 g/mol. The van der Waals surface area contributed by atoms with Crippen LogP contribution in [0, 0.1) is 6.42 Å². The Kier molecular flexibility index (Phi) is 1.87. The SMILES string of the molecule is CN1CC[CH]C12OC(=O)CCC2=O. The Balaban J connectivity index is 2.27. The Hall–Kier alpha value is -0.900. The summed E-state index contributed by atoms with van der Waals surface area (Å²) in [4.78, 5) is 24.5. The van der Waals surface area contributed by atoms with Gasteiger partial charge in [-0.2, -0.15) is 0 Å². The quantitative estimate of drug-likeness (QED) is 0.499. The first kappa shape index (κ1) is 8.69. The third-order valence-electron chi connectivity index (χ3n) is 2.68. The molecule has 0 aromatic heterocycles. The predicted octanol–water partition coefficient (Wildman–Crippen LogP) is 0.129. The Morgan fingerprint density at radius 1 is 1.46 bits per heavy atom. The highest BCUT2D eigenvalue weighted by Gasteiger charge is 2.51. The lowest BCUT2D eigenvalue weighted by atomic mass is 9.98. The maximum atomic E-state index is 11.6. The van der Waals surface area contributed by atoms with Crippen molar-refractivity contribution in [2.24, 2.45) is 0 Å². The molecule has 13 heavy (non-hydrogen) atoms. The number of nitrogens with zero attached hydrogens (tertiary/aromatic N) is 1. The van der Waals surface area contributed by atoms with Crippen molar-refractivity contribution in [3.05, 3.63) is 6.42 Å². The van der Waals surface area contributed by atoms with Gasteiger partial charge in [-0.05, 0) is 13.5 Å². The zero-order valence-corrected chi connectivity index (χ0v) is 7.58. The Labute approximate surface area is 76.8 Å². The van der Waals surface area contributed by atoms with Crippen molar-refractivity contribution in [1.29, 1.82) is 0 Å². The summed E-state index contributed by atoms with van der Waals surface area (Å²) in [6, 6.07) is 0. The van der Waals surface area contributed by atoms with Crippen LogP contribution in [0.2, 0.25) is 0 Å². The fourth-order valence-electron chi connectivity index (χ4n) is 1.90. The molecule has 4 nitrogen and oxygen atoms in total. The number of hydrogen-bond donors (Lipinski definition) is 0. The van der Waals surface area contributed by atoms with Crippen molar-refractivity contribution in [2.45, 2.75) is 25.0 Å². The third-order valence-corrected chi connectivity index (χ3v) is 2.68. The van der Waals surface area contributed by atoms with Crippen molar-refractivity contribution in [2.75, 3.05) is 13.6 Å². The zero-order chi connectivity index (χ0) is 9.47. The van der Waals surface area contributed by atoms with E-state index in [2.05, 4.69) is 0 Å². The van der Waals surface area contributed by atoms with Crippen molar-refractivity contribution >= 4 is 11.8 Å². The van der Waals surface area contributed by atoms with Crippen LogP contribution in [-0.2, 0) is 14.3 Å². The molecule has 0 saturated carbocycles. The topological polar surface area (TPSA) is 46.6 Å². The first-order valence-corrected chi connectivity index (χ1v) is 4.46. The van der Waals surface area contributed by atoms with Crippen LogP contribution in [0.25, 0.3) is 0 Å². The molecule has 2 heterocycles. The second-order valence-corrected chi connectivity index (χ2v) is 3.51. The van der Waals surface area contributed by atoms with E-state index >= 15 is 0 Å². The van der Waals surface area contributed by atoms with Gasteiger partial charge in [-0.3, -0.25) is 14.5 Å². The lowest BCUT2D eigenvalue weighted by Crippen LogP contribution is -2.54. The number of likely N-dealkylation sites (tertiary alicyclic amines) is 1. The van der Waals surface area contributed by atoms with Gasteiger partial charge < -0.3 is 4.74 Å². The minimum absolute atomic E-state index is 0.00657. The molecule has 1 spiro atoms. The first-order chi connectivity index (χ1) is 6.15. The molecule has 2 fully saturated rings. The summed E-state index contributed by atoms with van der Waals surface area (Å²) in [7, 11) is 1.81. The van der Waals surface area contributed by atoms with Gasteiger partial charge in [-0.15, -0.1) is 0 Å². The molecule has 0 aromatic rings. The largest absolute Gasteiger partial charge is 0.436 e. The van der Waals surface area contributed by atoms with E-state index in [0.29, 0.717) is 6.42 Å². The van der Waals surface area contributed by atoms with E-state index in [0.717, 1.165) is 13.0 Å². The molecule has 2 rings (SSSR count). The van der Waals surface area contributed by atoms with Gasteiger partial charge in [0.05, 0.1) is 6.42 Å². The van der Waals surface area contributed by atoms with E-state index in [1.165, 1.54) is 0 Å². The summed E-state index contributed by atoms with van der Waals surface area (Å²) < 4.78 is 5.14. The van der Waals surface area contributed by atoms with Crippen LogP contribution in [-0.4, -0.2) is 36.0 Å².